The number of nitrogens with one attached hydrogen (secondary N) is 2. The number of benzene rings is 1. The van der Waals surface area contributed by atoms with Gasteiger partial charge in [0.15, 0.2) is 0 Å². The number of hydrogen-bond acceptors (Lipinski definition) is 2. The lowest BCUT2D eigenvalue weighted by Crippen LogP contribution is -2.30. The lowest BCUT2D eigenvalue weighted by atomic mass is 10.2. The van der Waals surface area contributed by atoms with Crippen LogP contribution in [0.25, 0.3) is 0 Å². The van der Waals surface area contributed by atoms with E-state index in [1.807, 2.05) is 25.1 Å². The molecule has 0 unspecified atom stereocenters. The van der Waals surface area contributed by atoms with Crippen molar-refractivity contribution in [2.75, 3.05) is 6.54 Å². The molecule has 1 aromatic rings. The Morgan fingerprint density at radius 1 is 1.36 bits per heavy atom. The summed E-state index contributed by atoms with van der Waals surface area (Å²) in [4.78, 5) is 11.5. The minimum atomic E-state index is -0.142. The maximum Gasteiger partial charge on any atom is 0.256 e. The SMILES string of the molecule is C=C(NCC)NC(=O)c1ccccc1. The Hall–Kier alpha value is -1.77. The highest BCUT2D eigenvalue weighted by atomic mass is 16.1. The molecule has 1 amide bonds. The van der Waals surface area contributed by atoms with Crippen molar-refractivity contribution in [2.45, 2.75) is 6.92 Å². The Kier molecular flexibility index (Phi) is 3.73. The van der Waals surface area contributed by atoms with Gasteiger partial charge >= 0.3 is 0 Å². The average molecular weight is 190 g/mol. The first-order valence-electron chi connectivity index (χ1n) is 4.53. The van der Waals surface area contributed by atoms with E-state index in [0.717, 1.165) is 6.54 Å². The smallest absolute Gasteiger partial charge is 0.256 e. The third-order valence-electron chi connectivity index (χ3n) is 1.69. The van der Waals surface area contributed by atoms with Gasteiger partial charge in [-0.2, -0.15) is 0 Å². The van der Waals surface area contributed by atoms with Crippen LogP contribution in [-0.4, -0.2) is 12.5 Å². The van der Waals surface area contributed by atoms with Crippen molar-refractivity contribution in [2.24, 2.45) is 0 Å². The summed E-state index contributed by atoms with van der Waals surface area (Å²) in [5.74, 6) is 0.387. The molecule has 1 aromatic carbocycles. The van der Waals surface area contributed by atoms with Crippen molar-refractivity contribution < 1.29 is 4.79 Å². The molecule has 1 rings (SSSR count). The zero-order valence-electron chi connectivity index (χ0n) is 8.21. The molecule has 0 aromatic heterocycles. The maximum absolute atomic E-state index is 11.5. The number of rotatable bonds is 4. The molecule has 0 spiro atoms. The van der Waals surface area contributed by atoms with E-state index >= 15 is 0 Å². The normalized spacial score (nSPS) is 9.21. The molecule has 0 aliphatic heterocycles. The molecule has 0 fully saturated rings. The van der Waals surface area contributed by atoms with Crippen molar-refractivity contribution in [3.63, 3.8) is 0 Å². The van der Waals surface area contributed by atoms with Gasteiger partial charge in [0.1, 0.15) is 0 Å². The largest absolute Gasteiger partial charge is 0.372 e. The summed E-state index contributed by atoms with van der Waals surface area (Å²) in [7, 11) is 0. The van der Waals surface area contributed by atoms with E-state index in [1.54, 1.807) is 12.1 Å². The topological polar surface area (TPSA) is 41.1 Å². The second-order valence-electron chi connectivity index (χ2n) is 2.83. The molecule has 3 nitrogen and oxygen atoms in total. The molecule has 0 saturated carbocycles. The van der Waals surface area contributed by atoms with E-state index in [-0.39, 0.29) is 5.91 Å². The van der Waals surface area contributed by atoms with Crippen molar-refractivity contribution in [3.8, 4) is 0 Å². The summed E-state index contributed by atoms with van der Waals surface area (Å²) in [6.07, 6.45) is 0. The molecule has 0 aliphatic carbocycles. The van der Waals surface area contributed by atoms with Crippen LogP contribution in [0.15, 0.2) is 42.7 Å². The highest BCUT2D eigenvalue weighted by Crippen LogP contribution is 1.98. The highest BCUT2D eigenvalue weighted by molar-refractivity contribution is 5.95. The fraction of sp³-hybridized carbons (Fsp3) is 0.182. The van der Waals surface area contributed by atoms with Gasteiger partial charge in [-0.05, 0) is 19.1 Å². The van der Waals surface area contributed by atoms with Gasteiger partial charge in [0.25, 0.3) is 5.91 Å². The predicted octanol–water partition coefficient (Wildman–Crippen LogP) is 1.50. The fourth-order valence-corrected chi connectivity index (χ4v) is 1.06. The van der Waals surface area contributed by atoms with E-state index < -0.39 is 0 Å². The summed E-state index contributed by atoms with van der Waals surface area (Å²) in [6, 6.07) is 9.04. The van der Waals surface area contributed by atoms with Crippen LogP contribution in [0, 0.1) is 0 Å². The lowest BCUT2D eigenvalue weighted by Gasteiger charge is -2.08. The second kappa shape index (κ2) is 5.07. The summed E-state index contributed by atoms with van der Waals surface area (Å²) < 4.78 is 0. The van der Waals surface area contributed by atoms with Gasteiger partial charge < -0.3 is 10.6 Å². The first kappa shape index (κ1) is 10.3. The molecule has 0 saturated heterocycles. The lowest BCUT2D eigenvalue weighted by molar-refractivity contribution is 0.0963. The van der Waals surface area contributed by atoms with Crippen LogP contribution < -0.4 is 10.6 Å². The number of amides is 1. The number of carbonyl (C=O) groups excluding carboxylic acids is 1. The molecule has 0 bridgehead atoms. The van der Waals surface area contributed by atoms with Gasteiger partial charge in [-0.1, -0.05) is 24.8 Å². The molecule has 3 heteroatoms. The van der Waals surface area contributed by atoms with Crippen molar-refractivity contribution in [3.05, 3.63) is 48.3 Å². The average Bonchev–Trinajstić information content (AvgIpc) is 2.19. The fourth-order valence-electron chi connectivity index (χ4n) is 1.06. The van der Waals surface area contributed by atoms with Crippen LogP contribution in [0.2, 0.25) is 0 Å². The second-order valence-corrected chi connectivity index (χ2v) is 2.83. The summed E-state index contributed by atoms with van der Waals surface area (Å²) in [5, 5.41) is 5.57. The molecule has 74 valence electrons. The standard InChI is InChI=1S/C11H14N2O/c1-3-12-9(2)13-11(14)10-7-5-4-6-8-10/h4-8,12H,2-3H2,1H3,(H,13,14). The molecule has 2 N–H and O–H groups in total. The molecule has 0 aliphatic rings. The van der Waals surface area contributed by atoms with Gasteiger partial charge in [0.05, 0.1) is 5.82 Å². The van der Waals surface area contributed by atoms with Crippen LogP contribution in [0.5, 0.6) is 0 Å². The molecule has 0 atom stereocenters. The Morgan fingerprint density at radius 2 is 2.00 bits per heavy atom. The Bertz CT molecular complexity index is 319. The summed E-state index contributed by atoms with van der Waals surface area (Å²) in [5.41, 5.74) is 0.631. The van der Waals surface area contributed by atoms with Gasteiger partial charge in [-0.25, -0.2) is 0 Å². The number of carbonyl (C=O) groups is 1. The van der Waals surface area contributed by atoms with Crippen LogP contribution >= 0.6 is 0 Å². The molecular formula is C11H14N2O. The van der Waals surface area contributed by atoms with E-state index in [9.17, 15) is 4.79 Å². The monoisotopic (exact) mass is 190 g/mol. The minimum absolute atomic E-state index is 0.142. The van der Waals surface area contributed by atoms with Crippen molar-refractivity contribution in [1.29, 1.82) is 0 Å². The quantitative estimate of drug-likeness (QED) is 0.755. The van der Waals surface area contributed by atoms with Gasteiger partial charge in [-0.3, -0.25) is 4.79 Å². The van der Waals surface area contributed by atoms with Crippen LogP contribution in [0.1, 0.15) is 17.3 Å². The van der Waals surface area contributed by atoms with Gasteiger partial charge in [0, 0.05) is 12.1 Å². The first-order valence-corrected chi connectivity index (χ1v) is 4.53. The van der Waals surface area contributed by atoms with Crippen molar-refractivity contribution >= 4 is 5.91 Å². The molecule has 0 heterocycles. The Morgan fingerprint density at radius 3 is 2.57 bits per heavy atom. The van der Waals surface area contributed by atoms with Crippen LogP contribution in [0.4, 0.5) is 0 Å². The van der Waals surface area contributed by atoms with Crippen LogP contribution in [0.3, 0.4) is 0 Å². The van der Waals surface area contributed by atoms with Gasteiger partial charge in [-0.15, -0.1) is 0 Å². The summed E-state index contributed by atoms with van der Waals surface area (Å²) in [6.45, 7) is 6.36. The van der Waals surface area contributed by atoms with E-state index in [0.29, 0.717) is 11.4 Å². The Balaban J connectivity index is 2.55. The third kappa shape index (κ3) is 2.94. The first-order chi connectivity index (χ1) is 6.74. The molecule has 14 heavy (non-hydrogen) atoms. The number of hydrogen-bond donors (Lipinski definition) is 2. The Labute approximate surface area is 83.8 Å². The zero-order chi connectivity index (χ0) is 10.4. The van der Waals surface area contributed by atoms with E-state index in [4.69, 9.17) is 0 Å². The summed E-state index contributed by atoms with van der Waals surface area (Å²) >= 11 is 0. The zero-order valence-corrected chi connectivity index (χ0v) is 8.21. The van der Waals surface area contributed by atoms with Gasteiger partial charge in [0.2, 0.25) is 0 Å². The third-order valence-corrected chi connectivity index (χ3v) is 1.69. The van der Waals surface area contributed by atoms with E-state index in [2.05, 4.69) is 17.2 Å². The molecular weight excluding hydrogens is 176 g/mol. The van der Waals surface area contributed by atoms with Crippen LogP contribution in [-0.2, 0) is 0 Å². The highest BCUT2D eigenvalue weighted by Gasteiger charge is 2.03. The predicted molar refractivity (Wildman–Crippen MR) is 56.7 cm³/mol. The maximum atomic E-state index is 11.5. The van der Waals surface area contributed by atoms with E-state index in [1.165, 1.54) is 0 Å². The van der Waals surface area contributed by atoms with Crippen molar-refractivity contribution in [1.82, 2.24) is 10.6 Å². The minimum Gasteiger partial charge on any atom is -0.372 e. The molecule has 0 radical (unpaired) electrons.